The predicted octanol–water partition coefficient (Wildman–Crippen LogP) is 6.43. The van der Waals surface area contributed by atoms with Crippen LogP contribution in [0.4, 0.5) is 26.7 Å². The number of likely N-dealkylation sites (tertiary alicyclic amines) is 1. The maximum Gasteiger partial charge on any atom is 0.417 e. The number of nitrogens with one attached hydrogen (secondary N) is 3. The van der Waals surface area contributed by atoms with E-state index in [1.54, 1.807) is 110 Å². The highest BCUT2D eigenvalue weighted by molar-refractivity contribution is 6.40. The third kappa shape index (κ3) is 12.2. The van der Waals surface area contributed by atoms with Gasteiger partial charge in [-0.15, -0.1) is 5.10 Å². The largest absolute Gasteiger partial charge is 0.458 e. The molecule has 2 aliphatic rings. The topological polar surface area (TPSA) is 226 Å². The Morgan fingerprint density at radius 2 is 1.43 bits per heavy atom. The number of hydrogen-bond donors (Lipinski definition) is 3. The zero-order valence-corrected chi connectivity index (χ0v) is 38.6. The monoisotopic (exact) mass is 915 g/mol. The number of tetrazole rings is 1. The van der Waals surface area contributed by atoms with Crippen LogP contribution in [0, 0.1) is 0 Å². The van der Waals surface area contributed by atoms with Crippen molar-refractivity contribution in [3.63, 3.8) is 0 Å². The minimum Gasteiger partial charge on any atom is -0.458 e. The molecule has 19 nitrogen and oxygen atoms in total. The first-order valence-corrected chi connectivity index (χ1v) is 21.3. The molecule has 4 aromatic rings. The number of carbonyl (C=O) groups excluding carboxylic acids is 6. The Bertz CT molecular complexity index is 2450. The van der Waals surface area contributed by atoms with E-state index in [1.165, 1.54) is 23.1 Å². The minimum atomic E-state index is -2.32. The van der Waals surface area contributed by atoms with Crippen LogP contribution in [0.1, 0.15) is 80.7 Å². The number of benzene rings is 3. The van der Waals surface area contributed by atoms with Gasteiger partial charge in [0.05, 0.1) is 23.2 Å². The Labute approximate surface area is 381 Å². The van der Waals surface area contributed by atoms with E-state index in [9.17, 15) is 28.8 Å². The molecule has 5 amide bonds. The highest BCUT2D eigenvalue weighted by Crippen LogP contribution is 2.42. The number of hydrogen-bond acceptors (Lipinski definition) is 13. The summed E-state index contributed by atoms with van der Waals surface area (Å²) in [6.45, 7) is 15.9. The SMILES string of the molecule is CC(C)(C)OC(=O)COC1CCN(C(=O)Nc2cccc(-c3ccc4c(c3)C[C@@](NC(=O)C(=O)Nc3cc(Cl)ccc3-n3cnnn3)(C(=O)OC(C)(C)C)N4C(=O)OC(C)(C)C)c2)CC1. The number of halogens is 1. The number of ether oxygens (including phenoxy) is 4. The molecular formula is C45H54ClN9O10. The van der Waals surface area contributed by atoms with Crippen LogP contribution in [0.25, 0.3) is 16.8 Å². The molecule has 0 bridgehead atoms. The van der Waals surface area contributed by atoms with Gasteiger partial charge in [0.2, 0.25) is 5.66 Å². The summed E-state index contributed by atoms with van der Waals surface area (Å²) in [5.74, 6) is -3.97. The number of amides is 5. The molecule has 0 unspecified atom stereocenters. The van der Waals surface area contributed by atoms with Gasteiger partial charge in [0.1, 0.15) is 29.7 Å². The van der Waals surface area contributed by atoms with Crippen molar-refractivity contribution in [2.45, 2.75) is 110 Å². The lowest BCUT2D eigenvalue weighted by atomic mass is 9.98. The molecule has 2 aliphatic heterocycles. The third-order valence-electron chi connectivity index (χ3n) is 9.82. The zero-order chi connectivity index (χ0) is 47.5. The molecule has 20 heteroatoms. The molecule has 0 saturated carbocycles. The van der Waals surface area contributed by atoms with Crippen molar-refractivity contribution in [3.8, 4) is 16.8 Å². The van der Waals surface area contributed by atoms with Crippen molar-refractivity contribution < 1.29 is 47.7 Å². The van der Waals surface area contributed by atoms with Crippen LogP contribution in [0.5, 0.6) is 0 Å². The van der Waals surface area contributed by atoms with Crippen LogP contribution in [0.2, 0.25) is 5.02 Å². The van der Waals surface area contributed by atoms with E-state index in [4.69, 9.17) is 30.5 Å². The van der Waals surface area contributed by atoms with Crippen LogP contribution in [-0.2, 0) is 44.5 Å². The van der Waals surface area contributed by atoms with E-state index in [-0.39, 0.29) is 47.2 Å². The first-order chi connectivity index (χ1) is 30.4. The summed E-state index contributed by atoms with van der Waals surface area (Å²) in [7, 11) is 0. The van der Waals surface area contributed by atoms with E-state index in [0.29, 0.717) is 48.3 Å². The Hall–Kier alpha value is -6.60. The smallest absolute Gasteiger partial charge is 0.417 e. The van der Waals surface area contributed by atoms with Crippen LogP contribution >= 0.6 is 11.6 Å². The average molecular weight is 916 g/mol. The van der Waals surface area contributed by atoms with E-state index >= 15 is 0 Å². The highest BCUT2D eigenvalue weighted by Gasteiger charge is 2.57. The summed E-state index contributed by atoms with van der Waals surface area (Å²) in [5, 5.41) is 19.4. The molecule has 346 valence electrons. The number of rotatable bonds is 9. The first kappa shape index (κ1) is 47.9. The van der Waals surface area contributed by atoms with E-state index in [0.717, 1.165) is 4.90 Å². The normalized spacial score (nSPS) is 16.6. The summed E-state index contributed by atoms with van der Waals surface area (Å²) in [6, 6.07) is 16.4. The van der Waals surface area contributed by atoms with Gasteiger partial charge in [0.15, 0.2) is 0 Å². The Morgan fingerprint density at radius 3 is 2.08 bits per heavy atom. The highest BCUT2D eigenvalue weighted by atomic mass is 35.5. The maximum atomic E-state index is 14.5. The second-order valence-corrected chi connectivity index (χ2v) is 19.1. The van der Waals surface area contributed by atoms with Crippen LogP contribution < -0.4 is 20.9 Å². The van der Waals surface area contributed by atoms with E-state index < -0.39 is 52.3 Å². The first-order valence-electron chi connectivity index (χ1n) is 21.0. The van der Waals surface area contributed by atoms with Crippen molar-refractivity contribution in [3.05, 3.63) is 77.6 Å². The number of anilines is 3. The molecule has 6 rings (SSSR count). The molecule has 1 atom stereocenters. The zero-order valence-electron chi connectivity index (χ0n) is 37.8. The number of fused-ring (bicyclic) bond motifs is 1. The van der Waals surface area contributed by atoms with Gasteiger partial charge in [-0.2, -0.15) is 4.68 Å². The number of esters is 2. The molecule has 0 aliphatic carbocycles. The second kappa shape index (κ2) is 18.9. The van der Waals surface area contributed by atoms with Gasteiger partial charge in [0, 0.05) is 30.2 Å². The molecule has 65 heavy (non-hydrogen) atoms. The Balaban J connectivity index is 1.25. The number of urea groups is 1. The fourth-order valence-corrected chi connectivity index (χ4v) is 7.36. The third-order valence-corrected chi connectivity index (χ3v) is 10.1. The van der Waals surface area contributed by atoms with Crippen molar-refractivity contribution >= 4 is 64.5 Å². The van der Waals surface area contributed by atoms with Gasteiger partial charge in [-0.1, -0.05) is 29.8 Å². The van der Waals surface area contributed by atoms with Gasteiger partial charge in [0.25, 0.3) is 0 Å². The van der Waals surface area contributed by atoms with Crippen LogP contribution in [0.15, 0.2) is 67.0 Å². The van der Waals surface area contributed by atoms with Crippen LogP contribution in [-0.4, -0.2) is 109 Å². The van der Waals surface area contributed by atoms with Gasteiger partial charge >= 0.3 is 35.9 Å². The lowest BCUT2D eigenvalue weighted by Crippen LogP contribution is -2.69. The van der Waals surface area contributed by atoms with E-state index in [2.05, 4.69) is 31.5 Å². The van der Waals surface area contributed by atoms with Gasteiger partial charge < -0.3 is 39.8 Å². The fraction of sp³-hybridized carbons (Fsp3) is 0.444. The second-order valence-electron chi connectivity index (χ2n) is 18.6. The molecule has 0 spiro atoms. The van der Waals surface area contributed by atoms with Gasteiger partial charge in [-0.3, -0.25) is 9.59 Å². The average Bonchev–Trinajstić information content (AvgIpc) is 3.85. The molecule has 1 saturated heterocycles. The summed E-state index contributed by atoms with van der Waals surface area (Å²) in [5.41, 5.74) is -2.23. The number of nitrogens with zero attached hydrogens (tertiary/aromatic N) is 6. The quantitative estimate of drug-likeness (QED) is 0.0937. The lowest BCUT2D eigenvalue weighted by molar-refractivity contribution is -0.165. The molecule has 3 aromatic carbocycles. The molecule has 3 N–H and O–H groups in total. The molecule has 1 fully saturated rings. The van der Waals surface area contributed by atoms with Crippen molar-refractivity contribution in [1.29, 1.82) is 0 Å². The number of piperidine rings is 1. The molecule has 0 radical (unpaired) electrons. The standard InChI is InChI=1S/C45H54ClN9O10/c1-42(2,3)63-36(56)25-62-32-17-19-53(20-18-32)40(60)48-31-12-10-11-27(22-31)28-13-15-34-29(21-28)24-45(39(59)64-43(4,5)6,55(34)41(61)65-44(7,8)9)50-38(58)37(57)49-33-23-30(46)14-16-35(33)54-26-47-51-52-54/h10-16,21-23,26,32H,17-20,24-25H2,1-9H3,(H,48,60)(H,49,57)(H,50,58)/t45-/m0/s1. The van der Waals surface area contributed by atoms with E-state index in [1.807, 2.05) is 6.07 Å². The minimum absolute atomic E-state index is 0.0735. The predicted molar refractivity (Wildman–Crippen MR) is 239 cm³/mol. The summed E-state index contributed by atoms with van der Waals surface area (Å²) >= 11 is 6.25. The molecule has 3 heterocycles. The van der Waals surface area contributed by atoms with Crippen molar-refractivity contribution in [2.75, 3.05) is 35.2 Å². The summed E-state index contributed by atoms with van der Waals surface area (Å²) < 4.78 is 24.0. The molecule has 1 aromatic heterocycles. The number of carbonyl (C=O) groups is 6. The summed E-state index contributed by atoms with van der Waals surface area (Å²) in [4.78, 5) is 84.8. The summed E-state index contributed by atoms with van der Waals surface area (Å²) in [6.07, 6.45) is 0.871. The van der Waals surface area contributed by atoms with Gasteiger partial charge in [-0.05, 0) is 145 Å². The van der Waals surface area contributed by atoms with Crippen molar-refractivity contribution in [1.82, 2.24) is 30.4 Å². The molecular weight excluding hydrogens is 862 g/mol. The van der Waals surface area contributed by atoms with Crippen LogP contribution in [0.3, 0.4) is 0 Å². The maximum absolute atomic E-state index is 14.5. The lowest BCUT2D eigenvalue weighted by Gasteiger charge is -2.39. The Kier molecular flexibility index (Phi) is 13.9. The van der Waals surface area contributed by atoms with Gasteiger partial charge in [-0.25, -0.2) is 24.1 Å². The number of aromatic nitrogens is 4. The van der Waals surface area contributed by atoms with Crippen molar-refractivity contribution in [2.24, 2.45) is 0 Å². The Morgan fingerprint density at radius 1 is 0.769 bits per heavy atom. The fourth-order valence-electron chi connectivity index (χ4n) is 7.19.